The lowest BCUT2D eigenvalue weighted by molar-refractivity contribution is -0.0303. The van der Waals surface area contributed by atoms with Crippen LogP contribution in [0, 0.1) is 5.41 Å². The van der Waals surface area contributed by atoms with Gasteiger partial charge < -0.3 is 10.1 Å². The smallest absolute Gasteiger partial charge is 0.0546 e. The van der Waals surface area contributed by atoms with Crippen molar-refractivity contribution in [2.24, 2.45) is 5.41 Å². The molecular formula is C18H36N2O. The number of nitrogens with zero attached hydrogens (tertiary/aromatic N) is 1. The molecule has 0 radical (unpaired) electrons. The van der Waals surface area contributed by atoms with Gasteiger partial charge in [0.05, 0.1) is 6.61 Å². The molecule has 3 heteroatoms. The highest BCUT2D eigenvalue weighted by Crippen LogP contribution is 2.35. The van der Waals surface area contributed by atoms with Gasteiger partial charge in [0.15, 0.2) is 0 Å². The summed E-state index contributed by atoms with van der Waals surface area (Å²) in [6.07, 6.45) is 7.98. The third kappa shape index (κ3) is 5.88. The molecule has 0 bridgehead atoms. The summed E-state index contributed by atoms with van der Waals surface area (Å²) in [7, 11) is 0. The molecule has 1 saturated heterocycles. The van der Waals surface area contributed by atoms with Crippen molar-refractivity contribution < 1.29 is 4.74 Å². The lowest BCUT2D eigenvalue weighted by Gasteiger charge is -2.43. The van der Waals surface area contributed by atoms with Gasteiger partial charge in [-0.05, 0) is 59.4 Å². The molecule has 1 heterocycles. The monoisotopic (exact) mass is 296 g/mol. The maximum atomic E-state index is 5.89. The fourth-order valence-corrected chi connectivity index (χ4v) is 3.31. The van der Waals surface area contributed by atoms with Gasteiger partial charge in [-0.3, -0.25) is 4.90 Å². The SMILES string of the molecule is CCCCN(CC1(CNC(C)(C)C)CCCOC1)C1CC1. The maximum Gasteiger partial charge on any atom is 0.0546 e. The lowest BCUT2D eigenvalue weighted by atomic mass is 9.81. The summed E-state index contributed by atoms with van der Waals surface area (Å²) < 4.78 is 5.89. The van der Waals surface area contributed by atoms with Gasteiger partial charge in [0.1, 0.15) is 0 Å². The molecule has 2 aliphatic rings. The predicted molar refractivity (Wildman–Crippen MR) is 89.7 cm³/mol. The predicted octanol–water partition coefficient (Wildman–Crippen LogP) is 3.44. The minimum atomic E-state index is 0.193. The summed E-state index contributed by atoms with van der Waals surface area (Å²) in [6, 6.07) is 0.866. The van der Waals surface area contributed by atoms with Crippen molar-refractivity contribution in [3.63, 3.8) is 0 Å². The summed E-state index contributed by atoms with van der Waals surface area (Å²) in [5.74, 6) is 0. The van der Waals surface area contributed by atoms with Crippen LogP contribution in [-0.2, 0) is 4.74 Å². The molecule has 0 aromatic carbocycles. The van der Waals surface area contributed by atoms with Gasteiger partial charge in [0.25, 0.3) is 0 Å². The van der Waals surface area contributed by atoms with E-state index in [9.17, 15) is 0 Å². The molecule has 1 aliphatic carbocycles. The minimum absolute atomic E-state index is 0.193. The lowest BCUT2D eigenvalue weighted by Crippen LogP contribution is -2.53. The number of ether oxygens (including phenoxy) is 1. The average molecular weight is 296 g/mol. The maximum absolute atomic E-state index is 5.89. The summed E-state index contributed by atoms with van der Waals surface area (Å²) in [6.45, 7) is 14.6. The standard InChI is InChI=1S/C18H36N2O/c1-5-6-11-20(16-8-9-16)14-18(10-7-12-21-15-18)13-19-17(2,3)4/h16,19H,5-15H2,1-4H3. The van der Waals surface area contributed by atoms with Crippen molar-refractivity contribution >= 4 is 0 Å². The number of nitrogens with one attached hydrogen (secondary N) is 1. The van der Waals surface area contributed by atoms with E-state index in [1.807, 2.05) is 0 Å². The molecule has 21 heavy (non-hydrogen) atoms. The van der Waals surface area contributed by atoms with Crippen LogP contribution in [0.25, 0.3) is 0 Å². The molecule has 1 unspecified atom stereocenters. The summed E-state index contributed by atoms with van der Waals surface area (Å²) in [4.78, 5) is 2.77. The van der Waals surface area contributed by atoms with Crippen molar-refractivity contribution in [3.8, 4) is 0 Å². The second kappa shape index (κ2) is 7.43. The fourth-order valence-electron chi connectivity index (χ4n) is 3.31. The molecule has 0 aromatic rings. The highest BCUT2D eigenvalue weighted by Gasteiger charge is 2.39. The van der Waals surface area contributed by atoms with Crippen molar-refractivity contribution in [3.05, 3.63) is 0 Å². The molecule has 124 valence electrons. The molecule has 0 spiro atoms. The van der Waals surface area contributed by atoms with E-state index in [1.54, 1.807) is 0 Å². The van der Waals surface area contributed by atoms with Gasteiger partial charge in [-0.1, -0.05) is 13.3 Å². The fraction of sp³-hybridized carbons (Fsp3) is 1.00. The third-order valence-corrected chi connectivity index (χ3v) is 4.80. The van der Waals surface area contributed by atoms with Crippen LogP contribution < -0.4 is 5.32 Å². The van der Waals surface area contributed by atoms with E-state index in [4.69, 9.17) is 4.74 Å². The Morgan fingerprint density at radius 3 is 2.57 bits per heavy atom. The van der Waals surface area contributed by atoms with Crippen molar-refractivity contribution in [2.45, 2.75) is 77.8 Å². The molecule has 2 rings (SSSR count). The Kier molecular flexibility index (Phi) is 6.10. The normalized spacial score (nSPS) is 27.3. The number of unbranched alkanes of at least 4 members (excludes halogenated alkanes) is 1. The van der Waals surface area contributed by atoms with Crippen molar-refractivity contribution in [1.82, 2.24) is 10.2 Å². The van der Waals surface area contributed by atoms with E-state index >= 15 is 0 Å². The minimum Gasteiger partial charge on any atom is -0.381 e. The molecule has 1 aliphatic heterocycles. The largest absolute Gasteiger partial charge is 0.381 e. The Morgan fingerprint density at radius 1 is 1.29 bits per heavy atom. The molecular weight excluding hydrogens is 260 g/mol. The van der Waals surface area contributed by atoms with Gasteiger partial charge >= 0.3 is 0 Å². The van der Waals surface area contributed by atoms with E-state index in [2.05, 4.69) is 37.9 Å². The van der Waals surface area contributed by atoms with Crippen LogP contribution in [-0.4, -0.2) is 49.3 Å². The van der Waals surface area contributed by atoms with E-state index in [0.29, 0.717) is 5.41 Å². The summed E-state index contributed by atoms with van der Waals surface area (Å²) in [5.41, 5.74) is 0.514. The molecule has 2 fully saturated rings. The molecule has 1 atom stereocenters. The Balaban J connectivity index is 1.96. The third-order valence-electron chi connectivity index (χ3n) is 4.80. The van der Waals surface area contributed by atoms with Crippen LogP contribution in [0.5, 0.6) is 0 Å². The van der Waals surface area contributed by atoms with E-state index in [0.717, 1.165) is 25.8 Å². The number of rotatable bonds is 8. The Labute approximate surface area is 131 Å². The van der Waals surface area contributed by atoms with Crippen LogP contribution in [0.1, 0.15) is 66.2 Å². The van der Waals surface area contributed by atoms with E-state index in [1.165, 1.54) is 51.6 Å². The molecule has 3 nitrogen and oxygen atoms in total. The first-order valence-electron chi connectivity index (χ1n) is 9.01. The zero-order chi connectivity index (χ0) is 15.3. The molecule has 0 aromatic heterocycles. The van der Waals surface area contributed by atoms with Crippen LogP contribution in [0.4, 0.5) is 0 Å². The van der Waals surface area contributed by atoms with Crippen molar-refractivity contribution in [2.75, 3.05) is 32.8 Å². The average Bonchev–Trinajstić information content (AvgIpc) is 3.26. The van der Waals surface area contributed by atoms with Gasteiger partial charge in [-0.25, -0.2) is 0 Å². The molecule has 1 N–H and O–H groups in total. The van der Waals surface area contributed by atoms with E-state index in [-0.39, 0.29) is 5.54 Å². The van der Waals surface area contributed by atoms with Gasteiger partial charge in [0, 0.05) is 36.7 Å². The van der Waals surface area contributed by atoms with E-state index < -0.39 is 0 Å². The van der Waals surface area contributed by atoms with Gasteiger partial charge in [-0.2, -0.15) is 0 Å². The van der Waals surface area contributed by atoms with Crippen LogP contribution in [0.3, 0.4) is 0 Å². The zero-order valence-electron chi connectivity index (χ0n) is 14.7. The first-order chi connectivity index (χ1) is 9.94. The summed E-state index contributed by atoms with van der Waals surface area (Å²) >= 11 is 0. The van der Waals surface area contributed by atoms with Crippen molar-refractivity contribution in [1.29, 1.82) is 0 Å². The second-order valence-corrected chi connectivity index (χ2v) is 8.31. The Morgan fingerprint density at radius 2 is 2.05 bits per heavy atom. The van der Waals surface area contributed by atoms with Gasteiger partial charge in [-0.15, -0.1) is 0 Å². The van der Waals surface area contributed by atoms with Crippen LogP contribution >= 0.6 is 0 Å². The molecule has 0 amide bonds. The summed E-state index contributed by atoms with van der Waals surface area (Å²) in [5, 5.41) is 3.75. The number of hydrogen-bond donors (Lipinski definition) is 1. The first kappa shape index (κ1) is 17.2. The highest BCUT2D eigenvalue weighted by atomic mass is 16.5. The zero-order valence-corrected chi connectivity index (χ0v) is 14.7. The Bertz CT molecular complexity index is 301. The molecule has 1 saturated carbocycles. The Hall–Kier alpha value is -0.120. The van der Waals surface area contributed by atoms with Gasteiger partial charge in [0.2, 0.25) is 0 Å². The highest BCUT2D eigenvalue weighted by molar-refractivity contribution is 4.93. The topological polar surface area (TPSA) is 24.5 Å². The first-order valence-corrected chi connectivity index (χ1v) is 9.01. The second-order valence-electron chi connectivity index (χ2n) is 8.31. The number of hydrogen-bond acceptors (Lipinski definition) is 3. The van der Waals surface area contributed by atoms with Crippen LogP contribution in [0.15, 0.2) is 0 Å². The van der Waals surface area contributed by atoms with Crippen LogP contribution in [0.2, 0.25) is 0 Å². The quantitative estimate of drug-likeness (QED) is 0.742.